The third-order valence-corrected chi connectivity index (χ3v) is 11.6. The van der Waals surface area contributed by atoms with Crippen molar-refractivity contribution in [1.29, 1.82) is 0 Å². The highest BCUT2D eigenvalue weighted by Gasteiger charge is 2.51. The van der Waals surface area contributed by atoms with Crippen molar-refractivity contribution in [2.75, 3.05) is 6.61 Å². The van der Waals surface area contributed by atoms with E-state index in [9.17, 15) is 14.7 Å². The minimum atomic E-state index is -2.17. The van der Waals surface area contributed by atoms with Gasteiger partial charge in [-0.3, -0.25) is 14.3 Å². The lowest BCUT2D eigenvalue weighted by Gasteiger charge is -2.45. The molecule has 30 heavy (non-hydrogen) atoms. The topological polar surface area (TPSA) is 93.6 Å². The maximum atomic E-state index is 12.4. The Hall–Kier alpha value is -0.873. The van der Waals surface area contributed by atoms with Gasteiger partial charge in [0.15, 0.2) is 8.32 Å². The first kappa shape index (κ1) is 25.4. The van der Waals surface area contributed by atoms with Crippen molar-refractivity contribution in [2.24, 2.45) is 11.8 Å². The number of aromatic nitrogens is 2. The van der Waals surface area contributed by atoms with E-state index < -0.39 is 36.8 Å². The summed E-state index contributed by atoms with van der Waals surface area (Å²) in [6, 6.07) is 0. The summed E-state index contributed by atoms with van der Waals surface area (Å²) in [5.74, 6) is 0.115. The van der Waals surface area contributed by atoms with Gasteiger partial charge in [-0.05, 0) is 43.3 Å². The second-order valence-corrected chi connectivity index (χ2v) is 15.8. The van der Waals surface area contributed by atoms with Crippen LogP contribution in [0, 0.1) is 18.8 Å². The third kappa shape index (κ3) is 5.48. The standard InChI is InChI=1S/C21H38N2O5SSi/c1-13(2)15(18(25)29)9-21(28-30(7,8)20(4,5)6)10-16(27-12-21)23-11-14(3)17(24)22-19(23)26/h11,13,15-16,18,25,29H,9-10,12H2,1-8H3,(H,22,24,26)/t15?,16-,18?,21?/m1/s1. The number of aliphatic hydroxyl groups excluding tert-OH is 1. The monoisotopic (exact) mass is 458 g/mol. The Morgan fingerprint density at radius 1 is 1.40 bits per heavy atom. The summed E-state index contributed by atoms with van der Waals surface area (Å²) in [6.07, 6.45) is 2.05. The predicted octanol–water partition coefficient (Wildman–Crippen LogP) is 3.44. The van der Waals surface area contributed by atoms with Crippen LogP contribution in [0.5, 0.6) is 0 Å². The summed E-state index contributed by atoms with van der Waals surface area (Å²) in [6.45, 7) is 17.0. The molecular formula is C21H38N2O5SSi. The molecule has 1 aliphatic rings. The highest BCUT2D eigenvalue weighted by Crippen LogP contribution is 2.47. The molecule has 0 bridgehead atoms. The van der Waals surface area contributed by atoms with Gasteiger partial charge >= 0.3 is 5.69 Å². The van der Waals surface area contributed by atoms with Crippen molar-refractivity contribution in [3.05, 3.63) is 32.6 Å². The molecule has 2 N–H and O–H groups in total. The molecule has 4 atom stereocenters. The van der Waals surface area contributed by atoms with Gasteiger partial charge < -0.3 is 14.3 Å². The molecule has 7 nitrogen and oxygen atoms in total. The molecule has 0 spiro atoms. The van der Waals surface area contributed by atoms with Gasteiger partial charge in [0.25, 0.3) is 5.56 Å². The van der Waals surface area contributed by atoms with E-state index in [1.165, 1.54) is 4.57 Å². The molecule has 1 aromatic rings. The molecule has 1 saturated heterocycles. The van der Waals surface area contributed by atoms with Gasteiger partial charge in [-0.1, -0.05) is 34.6 Å². The Balaban J connectivity index is 2.44. The minimum absolute atomic E-state index is 0.00357. The zero-order valence-electron chi connectivity index (χ0n) is 19.5. The third-order valence-electron chi connectivity index (χ3n) is 6.67. The Labute approximate surface area is 185 Å². The minimum Gasteiger partial charge on any atom is -0.409 e. The van der Waals surface area contributed by atoms with E-state index >= 15 is 0 Å². The van der Waals surface area contributed by atoms with Gasteiger partial charge in [0.2, 0.25) is 0 Å². The molecule has 0 amide bonds. The van der Waals surface area contributed by atoms with Crippen LogP contribution in [0.2, 0.25) is 18.1 Å². The van der Waals surface area contributed by atoms with Crippen molar-refractivity contribution in [3.8, 4) is 0 Å². The van der Waals surface area contributed by atoms with Gasteiger partial charge in [-0.25, -0.2) is 4.79 Å². The van der Waals surface area contributed by atoms with Crippen molar-refractivity contribution in [2.45, 2.75) is 89.8 Å². The van der Waals surface area contributed by atoms with E-state index in [0.717, 1.165) is 0 Å². The van der Waals surface area contributed by atoms with Crippen molar-refractivity contribution < 1.29 is 14.3 Å². The molecule has 1 fully saturated rings. The molecule has 0 radical (unpaired) electrons. The highest BCUT2D eigenvalue weighted by molar-refractivity contribution is 7.80. The molecule has 2 heterocycles. The van der Waals surface area contributed by atoms with Crippen LogP contribution in [0.1, 0.15) is 59.3 Å². The fourth-order valence-electron chi connectivity index (χ4n) is 3.73. The summed E-state index contributed by atoms with van der Waals surface area (Å²) in [7, 11) is -2.17. The Kier molecular flexibility index (Phi) is 7.56. The molecule has 0 aliphatic carbocycles. The number of nitrogens with zero attached hydrogens (tertiary/aromatic N) is 1. The Morgan fingerprint density at radius 2 is 2.00 bits per heavy atom. The fraction of sp³-hybridized carbons (Fsp3) is 0.810. The van der Waals surface area contributed by atoms with E-state index in [0.29, 0.717) is 25.0 Å². The van der Waals surface area contributed by atoms with Gasteiger partial charge in [0.1, 0.15) is 6.23 Å². The van der Waals surface area contributed by atoms with Crippen LogP contribution in [0.4, 0.5) is 0 Å². The lowest BCUT2D eigenvalue weighted by atomic mass is 9.83. The molecule has 1 aromatic heterocycles. The van der Waals surface area contributed by atoms with Crippen LogP contribution >= 0.6 is 12.6 Å². The number of nitrogens with one attached hydrogen (secondary N) is 1. The first-order valence-electron chi connectivity index (χ1n) is 10.6. The molecule has 1 aliphatic heterocycles. The van der Waals surface area contributed by atoms with E-state index in [-0.39, 0.29) is 16.9 Å². The summed E-state index contributed by atoms with van der Waals surface area (Å²) in [5, 5.41) is 10.3. The predicted molar refractivity (Wildman–Crippen MR) is 125 cm³/mol. The zero-order valence-corrected chi connectivity index (χ0v) is 21.4. The number of hydrogen-bond donors (Lipinski definition) is 3. The van der Waals surface area contributed by atoms with E-state index in [4.69, 9.17) is 9.16 Å². The van der Waals surface area contributed by atoms with Crippen LogP contribution in [-0.4, -0.2) is 40.6 Å². The second-order valence-electron chi connectivity index (χ2n) is 10.5. The first-order valence-corrected chi connectivity index (χ1v) is 14.0. The summed E-state index contributed by atoms with van der Waals surface area (Å²) < 4.78 is 14.4. The number of rotatable bonds is 7. The Morgan fingerprint density at radius 3 is 2.50 bits per heavy atom. The first-order chi connectivity index (χ1) is 13.6. The van der Waals surface area contributed by atoms with Crippen molar-refractivity contribution in [1.82, 2.24) is 9.55 Å². The van der Waals surface area contributed by atoms with Crippen LogP contribution in [-0.2, 0) is 9.16 Å². The van der Waals surface area contributed by atoms with E-state index in [1.54, 1.807) is 13.1 Å². The lowest BCUT2D eigenvalue weighted by molar-refractivity contribution is -0.00971. The van der Waals surface area contributed by atoms with Crippen molar-refractivity contribution >= 4 is 20.9 Å². The molecule has 0 aromatic carbocycles. The Bertz CT molecular complexity index is 850. The average molecular weight is 459 g/mol. The second kappa shape index (κ2) is 8.94. The molecule has 2 rings (SSSR count). The largest absolute Gasteiger partial charge is 0.409 e. The maximum Gasteiger partial charge on any atom is 0.330 e. The quantitative estimate of drug-likeness (QED) is 0.331. The van der Waals surface area contributed by atoms with Crippen LogP contribution in [0.15, 0.2) is 15.8 Å². The number of aromatic amines is 1. The highest BCUT2D eigenvalue weighted by atomic mass is 32.1. The number of aliphatic hydroxyl groups is 1. The number of H-pyrrole nitrogens is 1. The molecular weight excluding hydrogens is 420 g/mol. The number of aryl methyl sites for hydroxylation is 1. The van der Waals surface area contributed by atoms with Gasteiger partial charge in [0, 0.05) is 18.2 Å². The van der Waals surface area contributed by atoms with Gasteiger partial charge in [0.05, 0.1) is 17.6 Å². The maximum absolute atomic E-state index is 12.4. The fourth-order valence-corrected chi connectivity index (χ4v) is 5.79. The van der Waals surface area contributed by atoms with E-state index in [1.807, 2.05) is 0 Å². The summed E-state index contributed by atoms with van der Waals surface area (Å²) >= 11 is 4.32. The average Bonchev–Trinajstić information content (AvgIpc) is 2.97. The number of thiol groups is 1. The van der Waals surface area contributed by atoms with Crippen molar-refractivity contribution in [3.63, 3.8) is 0 Å². The van der Waals surface area contributed by atoms with Crippen LogP contribution in [0.25, 0.3) is 0 Å². The SMILES string of the molecule is Cc1cn([C@H]2CC(CC(C(C)C)C(O)S)(O[Si](C)(C)C(C)(C)C)CO2)c(=O)[nH]c1=O. The zero-order chi connectivity index (χ0) is 23.1. The van der Waals surface area contributed by atoms with Gasteiger partial charge in [-0.2, -0.15) is 0 Å². The summed E-state index contributed by atoms with van der Waals surface area (Å²) in [4.78, 5) is 26.5. The van der Waals surface area contributed by atoms with Gasteiger partial charge in [-0.15, -0.1) is 12.6 Å². The molecule has 0 saturated carbocycles. The summed E-state index contributed by atoms with van der Waals surface area (Å²) in [5.41, 5.74) is -1.85. The van der Waals surface area contributed by atoms with Crippen LogP contribution in [0.3, 0.4) is 0 Å². The molecule has 9 heteroatoms. The normalized spacial score (nSPS) is 25.0. The number of hydrogen-bond acceptors (Lipinski definition) is 6. The molecule has 3 unspecified atom stereocenters. The van der Waals surface area contributed by atoms with E-state index in [2.05, 4.69) is 65.3 Å². The number of ether oxygens (including phenoxy) is 1. The molecule has 172 valence electrons. The smallest absolute Gasteiger partial charge is 0.330 e. The lowest BCUT2D eigenvalue weighted by Crippen LogP contribution is -2.52. The van der Waals surface area contributed by atoms with Crippen LogP contribution < -0.4 is 11.2 Å².